The minimum Gasteiger partial charge on any atom is -0.481 e. The number of amides is 1. The highest BCUT2D eigenvalue weighted by molar-refractivity contribution is 5.93. The van der Waals surface area contributed by atoms with E-state index in [-0.39, 0.29) is 11.9 Å². The number of hydrogen-bond acceptors (Lipinski definition) is 3. The number of carbonyl (C=O) groups excluding carboxylic acids is 1. The molecule has 122 valence electrons. The van der Waals surface area contributed by atoms with E-state index < -0.39 is 11.9 Å². The third-order valence-corrected chi connectivity index (χ3v) is 4.50. The first-order valence-corrected chi connectivity index (χ1v) is 8.03. The smallest absolute Gasteiger partial charge is 0.308 e. The lowest BCUT2D eigenvalue weighted by Gasteiger charge is -2.22. The summed E-state index contributed by atoms with van der Waals surface area (Å²) in [5.41, 5.74) is 2.11. The number of fused-ring (bicyclic) bond motifs is 1. The molecular formula is C17H21N3O3. The lowest BCUT2D eigenvalue weighted by Crippen LogP contribution is -2.42. The van der Waals surface area contributed by atoms with Gasteiger partial charge in [0.15, 0.2) is 0 Å². The Balaban J connectivity index is 1.79. The summed E-state index contributed by atoms with van der Waals surface area (Å²) in [4.78, 5) is 28.2. The SMILES string of the molecule is Cc1ccn2cc(C(=O)N[C@H]3CCCCC[C@H]3C(=O)O)nc2c1. The molecule has 2 N–H and O–H groups in total. The van der Waals surface area contributed by atoms with Gasteiger partial charge in [-0.25, -0.2) is 4.98 Å². The molecule has 1 aliphatic carbocycles. The summed E-state index contributed by atoms with van der Waals surface area (Å²) in [6, 6.07) is 3.53. The van der Waals surface area contributed by atoms with Crippen LogP contribution in [-0.2, 0) is 4.79 Å². The van der Waals surface area contributed by atoms with Crippen molar-refractivity contribution in [1.82, 2.24) is 14.7 Å². The van der Waals surface area contributed by atoms with E-state index in [1.54, 1.807) is 10.6 Å². The largest absolute Gasteiger partial charge is 0.481 e. The van der Waals surface area contributed by atoms with Crippen LogP contribution in [0.15, 0.2) is 24.5 Å². The van der Waals surface area contributed by atoms with Crippen LogP contribution in [0.25, 0.3) is 5.65 Å². The summed E-state index contributed by atoms with van der Waals surface area (Å²) >= 11 is 0. The van der Waals surface area contributed by atoms with Crippen molar-refractivity contribution in [1.29, 1.82) is 0 Å². The molecule has 2 aromatic rings. The van der Waals surface area contributed by atoms with Gasteiger partial charge in [0.25, 0.3) is 5.91 Å². The monoisotopic (exact) mass is 315 g/mol. The summed E-state index contributed by atoms with van der Waals surface area (Å²) in [7, 11) is 0. The Bertz CT molecular complexity index is 738. The molecule has 1 saturated carbocycles. The highest BCUT2D eigenvalue weighted by atomic mass is 16.4. The van der Waals surface area contributed by atoms with Crippen molar-refractivity contribution >= 4 is 17.5 Å². The zero-order valence-electron chi connectivity index (χ0n) is 13.2. The van der Waals surface area contributed by atoms with Crippen molar-refractivity contribution in [2.24, 2.45) is 5.92 Å². The minimum absolute atomic E-state index is 0.301. The first kappa shape index (κ1) is 15.5. The Morgan fingerprint density at radius 3 is 2.87 bits per heavy atom. The van der Waals surface area contributed by atoms with Crippen molar-refractivity contribution in [3.8, 4) is 0 Å². The number of aromatic nitrogens is 2. The zero-order chi connectivity index (χ0) is 16.4. The fourth-order valence-electron chi connectivity index (χ4n) is 3.21. The Morgan fingerprint density at radius 2 is 2.09 bits per heavy atom. The van der Waals surface area contributed by atoms with Crippen LogP contribution < -0.4 is 5.32 Å². The Hall–Kier alpha value is -2.37. The predicted octanol–water partition coefficient (Wildman–Crippen LogP) is 2.41. The molecule has 0 saturated heterocycles. The fraction of sp³-hybridized carbons (Fsp3) is 0.471. The summed E-state index contributed by atoms with van der Waals surface area (Å²) in [5.74, 6) is -1.65. The van der Waals surface area contributed by atoms with Crippen LogP contribution >= 0.6 is 0 Å². The van der Waals surface area contributed by atoms with E-state index >= 15 is 0 Å². The molecule has 2 aromatic heterocycles. The third-order valence-electron chi connectivity index (χ3n) is 4.50. The van der Waals surface area contributed by atoms with E-state index in [1.165, 1.54) is 0 Å². The second-order valence-electron chi connectivity index (χ2n) is 6.26. The number of nitrogens with zero attached hydrogens (tertiary/aromatic N) is 2. The molecule has 1 aliphatic rings. The number of imidazole rings is 1. The predicted molar refractivity (Wildman–Crippen MR) is 85.4 cm³/mol. The van der Waals surface area contributed by atoms with Crippen LogP contribution in [0, 0.1) is 12.8 Å². The second kappa shape index (κ2) is 6.40. The summed E-state index contributed by atoms with van der Waals surface area (Å²) in [6.45, 7) is 1.97. The van der Waals surface area contributed by atoms with Crippen LogP contribution in [0.2, 0.25) is 0 Å². The number of rotatable bonds is 3. The molecule has 1 fully saturated rings. The number of carboxylic acids is 1. The van der Waals surface area contributed by atoms with Crippen molar-refractivity contribution in [2.45, 2.75) is 45.1 Å². The van der Waals surface area contributed by atoms with Crippen molar-refractivity contribution in [2.75, 3.05) is 0 Å². The molecular weight excluding hydrogens is 294 g/mol. The summed E-state index contributed by atoms with van der Waals surface area (Å²) in [6.07, 6.45) is 7.72. The molecule has 0 aromatic carbocycles. The maximum atomic E-state index is 12.5. The van der Waals surface area contributed by atoms with E-state index in [9.17, 15) is 14.7 Å². The van der Waals surface area contributed by atoms with Gasteiger partial charge in [0.05, 0.1) is 5.92 Å². The highest BCUT2D eigenvalue weighted by Crippen LogP contribution is 2.24. The van der Waals surface area contributed by atoms with Crippen LogP contribution in [-0.4, -0.2) is 32.4 Å². The first-order chi connectivity index (χ1) is 11.0. The lowest BCUT2D eigenvalue weighted by atomic mass is 9.95. The van der Waals surface area contributed by atoms with Gasteiger partial charge in [0, 0.05) is 18.4 Å². The highest BCUT2D eigenvalue weighted by Gasteiger charge is 2.31. The second-order valence-corrected chi connectivity index (χ2v) is 6.26. The number of aliphatic carboxylic acids is 1. The standard InChI is InChI=1S/C17H21N3O3/c1-11-7-8-20-10-14(18-15(20)9-11)16(21)19-13-6-4-2-3-5-12(13)17(22)23/h7-10,12-13H,2-6H2,1H3,(H,19,21)(H,22,23)/t12-,13+/m1/s1. The van der Waals surface area contributed by atoms with Crippen LogP contribution in [0.5, 0.6) is 0 Å². The van der Waals surface area contributed by atoms with Gasteiger partial charge in [-0.15, -0.1) is 0 Å². The fourth-order valence-corrected chi connectivity index (χ4v) is 3.21. The topological polar surface area (TPSA) is 83.7 Å². The molecule has 1 amide bonds. The van der Waals surface area contributed by atoms with Gasteiger partial charge in [-0.1, -0.05) is 19.3 Å². The Labute approximate surface area is 134 Å². The molecule has 3 rings (SSSR count). The first-order valence-electron chi connectivity index (χ1n) is 8.03. The Kier molecular flexibility index (Phi) is 4.32. The number of nitrogens with one attached hydrogen (secondary N) is 1. The van der Waals surface area contributed by atoms with Crippen molar-refractivity contribution < 1.29 is 14.7 Å². The van der Waals surface area contributed by atoms with E-state index in [1.807, 2.05) is 25.3 Å². The molecule has 23 heavy (non-hydrogen) atoms. The van der Waals surface area contributed by atoms with Gasteiger partial charge in [0.1, 0.15) is 11.3 Å². The number of hydrogen-bond donors (Lipinski definition) is 2. The van der Waals surface area contributed by atoms with Gasteiger partial charge in [-0.2, -0.15) is 0 Å². The van der Waals surface area contributed by atoms with Gasteiger partial charge >= 0.3 is 5.97 Å². The number of carbonyl (C=O) groups is 2. The number of carboxylic acid groups (broad SMARTS) is 1. The quantitative estimate of drug-likeness (QED) is 0.852. The van der Waals surface area contributed by atoms with E-state index in [2.05, 4.69) is 10.3 Å². The maximum absolute atomic E-state index is 12.5. The van der Waals surface area contributed by atoms with E-state index in [0.717, 1.165) is 24.8 Å². The molecule has 2 heterocycles. The third kappa shape index (κ3) is 3.36. The molecule has 6 nitrogen and oxygen atoms in total. The van der Waals surface area contributed by atoms with Crippen molar-refractivity contribution in [3.05, 3.63) is 35.8 Å². The Morgan fingerprint density at radius 1 is 1.30 bits per heavy atom. The van der Waals surface area contributed by atoms with Gasteiger partial charge in [-0.3, -0.25) is 9.59 Å². The van der Waals surface area contributed by atoms with Crippen LogP contribution in [0.3, 0.4) is 0 Å². The average Bonchev–Trinajstić information content (AvgIpc) is 2.78. The lowest BCUT2D eigenvalue weighted by molar-refractivity contribution is -0.142. The molecule has 0 radical (unpaired) electrons. The summed E-state index contributed by atoms with van der Waals surface area (Å²) in [5, 5.41) is 12.3. The molecule has 0 bridgehead atoms. The number of aryl methyl sites for hydroxylation is 1. The van der Waals surface area contributed by atoms with E-state index in [0.29, 0.717) is 24.2 Å². The molecule has 0 aliphatic heterocycles. The van der Waals surface area contributed by atoms with Crippen LogP contribution in [0.1, 0.15) is 48.2 Å². The normalized spacial score (nSPS) is 21.8. The minimum atomic E-state index is -0.831. The zero-order valence-corrected chi connectivity index (χ0v) is 13.2. The van der Waals surface area contributed by atoms with Crippen LogP contribution in [0.4, 0.5) is 0 Å². The maximum Gasteiger partial charge on any atom is 0.308 e. The van der Waals surface area contributed by atoms with Gasteiger partial charge in [0.2, 0.25) is 0 Å². The number of pyridine rings is 1. The molecule has 0 unspecified atom stereocenters. The molecule has 2 atom stereocenters. The van der Waals surface area contributed by atoms with Gasteiger partial charge in [-0.05, 0) is 37.5 Å². The summed E-state index contributed by atoms with van der Waals surface area (Å²) < 4.78 is 1.80. The van der Waals surface area contributed by atoms with Gasteiger partial charge < -0.3 is 14.8 Å². The molecule has 6 heteroatoms. The van der Waals surface area contributed by atoms with E-state index in [4.69, 9.17) is 0 Å². The average molecular weight is 315 g/mol. The molecule has 0 spiro atoms. The van der Waals surface area contributed by atoms with Crippen molar-refractivity contribution in [3.63, 3.8) is 0 Å².